The van der Waals surface area contributed by atoms with E-state index in [1.54, 1.807) is 18.2 Å². The standard InChI is InChI=1S/C12H7Cl3INO/c13-7-4-9(15)12(5-8(7)14)18-11-2-1-6(16)3-10(11)17/h1-5H,17H2. The third-order valence-electron chi connectivity index (χ3n) is 2.17. The molecule has 0 aliphatic carbocycles. The van der Waals surface area contributed by atoms with Crippen molar-refractivity contribution in [3.63, 3.8) is 0 Å². The van der Waals surface area contributed by atoms with Crippen molar-refractivity contribution in [3.05, 3.63) is 49.0 Å². The zero-order valence-corrected chi connectivity index (χ0v) is 13.3. The van der Waals surface area contributed by atoms with E-state index < -0.39 is 0 Å². The van der Waals surface area contributed by atoms with E-state index in [1.165, 1.54) is 6.07 Å². The van der Waals surface area contributed by atoms with Crippen LogP contribution in [0.2, 0.25) is 15.1 Å². The summed E-state index contributed by atoms with van der Waals surface area (Å²) in [4.78, 5) is 0. The van der Waals surface area contributed by atoms with Crippen molar-refractivity contribution in [2.45, 2.75) is 0 Å². The largest absolute Gasteiger partial charge is 0.454 e. The highest BCUT2D eigenvalue weighted by molar-refractivity contribution is 14.1. The second-order valence-electron chi connectivity index (χ2n) is 3.48. The summed E-state index contributed by atoms with van der Waals surface area (Å²) >= 11 is 20.0. The summed E-state index contributed by atoms with van der Waals surface area (Å²) in [6.07, 6.45) is 0. The zero-order chi connectivity index (χ0) is 13.3. The molecule has 94 valence electrons. The van der Waals surface area contributed by atoms with Crippen LogP contribution in [0.25, 0.3) is 0 Å². The molecule has 0 spiro atoms. The van der Waals surface area contributed by atoms with Crippen LogP contribution in [0.5, 0.6) is 11.5 Å². The Morgan fingerprint density at radius 3 is 2.22 bits per heavy atom. The SMILES string of the molecule is Nc1cc(I)ccc1Oc1cc(Cl)c(Cl)cc1Cl. The van der Waals surface area contributed by atoms with Crippen molar-refractivity contribution >= 4 is 63.1 Å². The molecule has 2 nitrogen and oxygen atoms in total. The summed E-state index contributed by atoms with van der Waals surface area (Å²) in [5.74, 6) is 0.940. The normalized spacial score (nSPS) is 10.4. The molecule has 2 N–H and O–H groups in total. The molecule has 2 aromatic carbocycles. The molecule has 0 amide bonds. The van der Waals surface area contributed by atoms with Gasteiger partial charge in [-0.2, -0.15) is 0 Å². The smallest absolute Gasteiger partial charge is 0.150 e. The molecule has 0 aliphatic heterocycles. The number of rotatable bonds is 2. The molecule has 0 unspecified atom stereocenters. The fraction of sp³-hybridized carbons (Fsp3) is 0. The summed E-state index contributed by atoms with van der Waals surface area (Å²) in [6.45, 7) is 0. The van der Waals surface area contributed by atoms with E-state index in [4.69, 9.17) is 45.3 Å². The fourth-order valence-corrected chi connectivity index (χ4v) is 2.40. The Hall–Kier alpha value is -0.360. The topological polar surface area (TPSA) is 35.2 Å². The number of halogens is 4. The molecule has 0 aliphatic rings. The molecule has 0 atom stereocenters. The Bertz CT molecular complexity index is 604. The Kier molecular flexibility index (Phi) is 4.48. The Balaban J connectivity index is 2.37. The predicted octanol–water partition coefficient (Wildman–Crippen LogP) is 5.63. The summed E-state index contributed by atoms with van der Waals surface area (Å²) in [5.41, 5.74) is 6.39. The summed E-state index contributed by atoms with van der Waals surface area (Å²) in [6, 6.07) is 8.56. The van der Waals surface area contributed by atoms with E-state index >= 15 is 0 Å². The lowest BCUT2D eigenvalue weighted by molar-refractivity contribution is 0.485. The van der Waals surface area contributed by atoms with Crippen LogP contribution in [0, 0.1) is 3.57 Å². The van der Waals surface area contributed by atoms with E-state index in [2.05, 4.69) is 22.6 Å². The quantitative estimate of drug-likeness (QED) is 0.393. The third kappa shape index (κ3) is 3.15. The minimum absolute atomic E-state index is 0.375. The zero-order valence-electron chi connectivity index (χ0n) is 8.88. The van der Waals surface area contributed by atoms with Gasteiger partial charge in [-0.15, -0.1) is 0 Å². The van der Waals surface area contributed by atoms with E-state index in [0.717, 1.165) is 3.57 Å². The molecule has 2 rings (SSSR count). The van der Waals surface area contributed by atoms with Crippen LogP contribution < -0.4 is 10.5 Å². The average molecular weight is 414 g/mol. The maximum atomic E-state index is 6.02. The van der Waals surface area contributed by atoms with E-state index in [1.807, 2.05) is 6.07 Å². The van der Waals surface area contributed by atoms with Crippen LogP contribution in [-0.4, -0.2) is 0 Å². The molecule has 0 saturated heterocycles. The number of benzene rings is 2. The molecule has 0 bridgehead atoms. The third-order valence-corrected chi connectivity index (χ3v) is 3.86. The van der Waals surface area contributed by atoms with Gasteiger partial charge in [0, 0.05) is 9.64 Å². The molecule has 0 heterocycles. The number of hydrogen-bond acceptors (Lipinski definition) is 2. The number of nitrogen functional groups attached to an aromatic ring is 1. The molecule has 0 fully saturated rings. The van der Waals surface area contributed by atoms with Crippen molar-refractivity contribution in [1.82, 2.24) is 0 Å². The highest BCUT2D eigenvalue weighted by Crippen LogP contribution is 2.38. The molecule has 0 radical (unpaired) electrons. The van der Waals surface area contributed by atoms with Gasteiger partial charge in [0.05, 0.1) is 20.8 Å². The van der Waals surface area contributed by atoms with Gasteiger partial charge in [-0.05, 0) is 46.9 Å². The van der Waals surface area contributed by atoms with Crippen molar-refractivity contribution in [2.24, 2.45) is 0 Å². The lowest BCUT2D eigenvalue weighted by Gasteiger charge is -2.11. The van der Waals surface area contributed by atoms with Crippen LogP contribution in [0.1, 0.15) is 0 Å². The van der Waals surface area contributed by atoms with Crippen LogP contribution in [0.3, 0.4) is 0 Å². The Labute approximate surface area is 133 Å². The number of ether oxygens (including phenoxy) is 1. The van der Waals surface area contributed by atoms with Gasteiger partial charge in [-0.1, -0.05) is 34.8 Å². The van der Waals surface area contributed by atoms with Crippen LogP contribution in [0.4, 0.5) is 5.69 Å². The van der Waals surface area contributed by atoms with Gasteiger partial charge >= 0.3 is 0 Å². The Morgan fingerprint density at radius 2 is 1.56 bits per heavy atom. The van der Waals surface area contributed by atoms with Crippen molar-refractivity contribution in [1.29, 1.82) is 0 Å². The molecule has 6 heteroatoms. The van der Waals surface area contributed by atoms with Crippen molar-refractivity contribution < 1.29 is 4.74 Å². The first-order chi connectivity index (χ1) is 8.47. The van der Waals surface area contributed by atoms with Gasteiger partial charge in [-0.3, -0.25) is 0 Å². The first-order valence-corrected chi connectivity index (χ1v) is 7.06. The van der Waals surface area contributed by atoms with Crippen LogP contribution >= 0.6 is 57.4 Å². The predicted molar refractivity (Wildman–Crippen MR) is 85.1 cm³/mol. The van der Waals surface area contributed by atoms with Crippen molar-refractivity contribution in [3.8, 4) is 11.5 Å². The van der Waals surface area contributed by atoms with Gasteiger partial charge < -0.3 is 10.5 Å². The number of anilines is 1. The van der Waals surface area contributed by atoms with Gasteiger partial charge in [0.25, 0.3) is 0 Å². The highest BCUT2D eigenvalue weighted by Gasteiger charge is 2.10. The molecule has 18 heavy (non-hydrogen) atoms. The summed E-state index contributed by atoms with van der Waals surface area (Å²) < 4.78 is 6.65. The average Bonchev–Trinajstić information content (AvgIpc) is 2.29. The molecular weight excluding hydrogens is 407 g/mol. The highest BCUT2D eigenvalue weighted by atomic mass is 127. The summed E-state index contributed by atoms with van der Waals surface area (Å²) in [7, 11) is 0. The maximum absolute atomic E-state index is 6.02. The van der Waals surface area contributed by atoms with E-state index in [9.17, 15) is 0 Å². The second kappa shape index (κ2) is 5.74. The van der Waals surface area contributed by atoms with Gasteiger partial charge in [-0.25, -0.2) is 0 Å². The van der Waals surface area contributed by atoms with Crippen LogP contribution in [0.15, 0.2) is 30.3 Å². The lowest BCUT2D eigenvalue weighted by atomic mass is 10.3. The van der Waals surface area contributed by atoms with Crippen molar-refractivity contribution in [2.75, 3.05) is 5.73 Å². The minimum Gasteiger partial charge on any atom is -0.454 e. The molecule has 0 saturated carbocycles. The van der Waals surface area contributed by atoms with Gasteiger partial charge in [0.15, 0.2) is 0 Å². The van der Waals surface area contributed by atoms with E-state index in [0.29, 0.717) is 32.3 Å². The maximum Gasteiger partial charge on any atom is 0.150 e. The van der Waals surface area contributed by atoms with Crippen LogP contribution in [-0.2, 0) is 0 Å². The van der Waals surface area contributed by atoms with Gasteiger partial charge in [0.1, 0.15) is 11.5 Å². The lowest BCUT2D eigenvalue weighted by Crippen LogP contribution is -1.93. The summed E-state index contributed by atoms with van der Waals surface area (Å²) in [5, 5.41) is 1.13. The number of hydrogen-bond donors (Lipinski definition) is 1. The van der Waals surface area contributed by atoms with E-state index in [-0.39, 0.29) is 0 Å². The molecule has 0 aromatic heterocycles. The monoisotopic (exact) mass is 413 g/mol. The first kappa shape index (κ1) is 14.1. The Morgan fingerprint density at radius 1 is 0.889 bits per heavy atom. The second-order valence-corrected chi connectivity index (χ2v) is 5.95. The fourth-order valence-electron chi connectivity index (χ4n) is 1.31. The number of nitrogens with two attached hydrogens (primary N) is 1. The minimum atomic E-state index is 0.375. The first-order valence-electron chi connectivity index (χ1n) is 4.85. The van der Waals surface area contributed by atoms with Gasteiger partial charge in [0.2, 0.25) is 0 Å². The molecular formula is C12H7Cl3INO. The molecule has 2 aromatic rings.